The lowest BCUT2D eigenvalue weighted by Crippen LogP contribution is -2.39. The van der Waals surface area contributed by atoms with E-state index in [2.05, 4.69) is 5.32 Å². The lowest BCUT2D eigenvalue weighted by molar-refractivity contribution is -0.135. The Morgan fingerprint density at radius 1 is 0.880 bits per heavy atom. The Kier molecular flexibility index (Phi) is 5.57. The zero-order valence-corrected chi connectivity index (χ0v) is 13.7. The topological polar surface area (TPSA) is 120 Å². The lowest BCUT2D eigenvalue weighted by Gasteiger charge is -2.10. The second-order valence-corrected chi connectivity index (χ2v) is 4.93. The Labute approximate surface area is 143 Å². The second-order valence-electron chi connectivity index (χ2n) is 4.93. The molecule has 0 saturated heterocycles. The number of hydrogen-bond donors (Lipinski definition) is 3. The average molecular weight is 343 g/mol. The van der Waals surface area contributed by atoms with Gasteiger partial charge in [-0.3, -0.25) is 19.7 Å². The van der Waals surface area contributed by atoms with Gasteiger partial charge in [-0.2, -0.15) is 0 Å². The molecule has 4 N–H and O–H groups in total. The van der Waals surface area contributed by atoms with Crippen molar-refractivity contribution in [3.63, 3.8) is 0 Å². The van der Waals surface area contributed by atoms with E-state index in [4.69, 9.17) is 15.2 Å². The molecule has 0 unspecified atom stereocenters. The van der Waals surface area contributed by atoms with Gasteiger partial charge in [-0.1, -0.05) is 0 Å². The minimum atomic E-state index is -1.09. The molecule has 3 amide bonds. The Morgan fingerprint density at radius 3 is 2.12 bits per heavy atom. The molecule has 0 aliphatic rings. The van der Waals surface area contributed by atoms with Crippen LogP contribution in [0.3, 0.4) is 0 Å². The molecule has 0 saturated carbocycles. The van der Waals surface area contributed by atoms with Crippen molar-refractivity contribution in [2.75, 3.05) is 25.3 Å². The van der Waals surface area contributed by atoms with Crippen molar-refractivity contribution in [3.05, 3.63) is 48.0 Å². The Balaban J connectivity index is 2.01. The minimum Gasteiger partial charge on any atom is -0.493 e. The highest BCUT2D eigenvalue weighted by Gasteiger charge is 2.18. The summed E-state index contributed by atoms with van der Waals surface area (Å²) in [5, 5.41) is 4.38. The van der Waals surface area contributed by atoms with Gasteiger partial charge in [0.05, 0.1) is 14.2 Å². The van der Waals surface area contributed by atoms with Gasteiger partial charge in [0.15, 0.2) is 11.5 Å². The SMILES string of the molecule is COc1ccc(NC(=O)C(=O)NC(=O)c2ccc(N)cc2)cc1OC. The van der Waals surface area contributed by atoms with Crippen molar-refractivity contribution < 1.29 is 23.9 Å². The minimum absolute atomic E-state index is 0.210. The molecule has 0 aliphatic carbocycles. The van der Waals surface area contributed by atoms with E-state index in [1.807, 2.05) is 5.32 Å². The molecular weight excluding hydrogens is 326 g/mol. The number of hydrogen-bond acceptors (Lipinski definition) is 6. The molecule has 25 heavy (non-hydrogen) atoms. The van der Waals surface area contributed by atoms with Gasteiger partial charge in [0, 0.05) is 23.0 Å². The first kappa shape index (κ1) is 17.8. The first-order chi connectivity index (χ1) is 11.9. The van der Waals surface area contributed by atoms with Gasteiger partial charge in [-0.15, -0.1) is 0 Å². The smallest absolute Gasteiger partial charge is 0.316 e. The van der Waals surface area contributed by atoms with Crippen LogP contribution in [0.4, 0.5) is 11.4 Å². The molecule has 8 heteroatoms. The number of methoxy groups -OCH3 is 2. The lowest BCUT2D eigenvalue weighted by atomic mass is 10.2. The van der Waals surface area contributed by atoms with Crippen LogP contribution in [0.15, 0.2) is 42.5 Å². The number of carbonyl (C=O) groups excluding carboxylic acids is 3. The highest BCUT2D eigenvalue weighted by atomic mass is 16.5. The summed E-state index contributed by atoms with van der Waals surface area (Å²) >= 11 is 0. The molecule has 0 bridgehead atoms. The van der Waals surface area contributed by atoms with E-state index in [1.165, 1.54) is 50.6 Å². The summed E-state index contributed by atoms with van der Waals surface area (Å²) in [5.41, 5.74) is 6.53. The Morgan fingerprint density at radius 2 is 1.52 bits per heavy atom. The van der Waals surface area contributed by atoms with Crippen molar-refractivity contribution in [2.45, 2.75) is 0 Å². The van der Waals surface area contributed by atoms with E-state index in [-0.39, 0.29) is 5.56 Å². The van der Waals surface area contributed by atoms with Crippen molar-refractivity contribution >= 4 is 29.1 Å². The number of anilines is 2. The van der Waals surface area contributed by atoms with Gasteiger partial charge in [0.1, 0.15) is 0 Å². The molecule has 0 fully saturated rings. The van der Waals surface area contributed by atoms with Crippen LogP contribution in [0, 0.1) is 0 Å². The first-order valence-corrected chi connectivity index (χ1v) is 7.19. The van der Waals surface area contributed by atoms with Gasteiger partial charge in [-0.05, 0) is 36.4 Å². The van der Waals surface area contributed by atoms with Crippen molar-refractivity contribution in [1.29, 1.82) is 0 Å². The zero-order valence-electron chi connectivity index (χ0n) is 13.7. The number of ether oxygens (including phenoxy) is 2. The fraction of sp³-hybridized carbons (Fsp3) is 0.118. The largest absolute Gasteiger partial charge is 0.493 e. The molecule has 0 aromatic heterocycles. The van der Waals surface area contributed by atoms with Crippen LogP contribution >= 0.6 is 0 Å². The number of nitrogens with two attached hydrogens (primary N) is 1. The van der Waals surface area contributed by atoms with Crippen molar-refractivity contribution in [3.8, 4) is 11.5 Å². The van der Waals surface area contributed by atoms with E-state index in [1.54, 1.807) is 6.07 Å². The number of benzene rings is 2. The number of nitrogens with one attached hydrogen (secondary N) is 2. The number of carbonyl (C=O) groups is 3. The third-order valence-electron chi connectivity index (χ3n) is 3.25. The average Bonchev–Trinajstić information content (AvgIpc) is 2.61. The van der Waals surface area contributed by atoms with E-state index >= 15 is 0 Å². The molecular formula is C17H17N3O5. The summed E-state index contributed by atoms with van der Waals surface area (Å²) in [6.45, 7) is 0. The quantitative estimate of drug-likeness (QED) is 0.566. The van der Waals surface area contributed by atoms with E-state index in [9.17, 15) is 14.4 Å². The molecule has 8 nitrogen and oxygen atoms in total. The number of amides is 3. The van der Waals surface area contributed by atoms with Crippen LogP contribution in [0.25, 0.3) is 0 Å². The third-order valence-corrected chi connectivity index (χ3v) is 3.25. The summed E-state index contributed by atoms with van der Waals surface area (Å²) in [6, 6.07) is 10.5. The predicted octanol–water partition coefficient (Wildman–Crippen LogP) is 1.18. The van der Waals surface area contributed by atoms with Gasteiger partial charge >= 0.3 is 11.8 Å². The van der Waals surface area contributed by atoms with Crippen LogP contribution in [0.1, 0.15) is 10.4 Å². The fourth-order valence-electron chi connectivity index (χ4n) is 1.97. The Bertz CT molecular complexity index is 802. The highest BCUT2D eigenvalue weighted by molar-refractivity contribution is 6.42. The number of rotatable bonds is 4. The zero-order chi connectivity index (χ0) is 18.4. The van der Waals surface area contributed by atoms with Crippen LogP contribution < -0.4 is 25.8 Å². The molecule has 2 rings (SSSR count). The van der Waals surface area contributed by atoms with E-state index < -0.39 is 17.7 Å². The van der Waals surface area contributed by atoms with Gasteiger partial charge < -0.3 is 20.5 Å². The monoisotopic (exact) mass is 343 g/mol. The molecule has 0 radical (unpaired) electrons. The summed E-state index contributed by atoms with van der Waals surface area (Å²) in [5.74, 6) is -1.91. The second kappa shape index (κ2) is 7.82. The van der Waals surface area contributed by atoms with Crippen molar-refractivity contribution in [2.24, 2.45) is 0 Å². The summed E-state index contributed by atoms with van der Waals surface area (Å²) in [7, 11) is 2.92. The Hall–Kier alpha value is -3.55. The maximum Gasteiger partial charge on any atom is 0.316 e. The van der Waals surface area contributed by atoms with Crippen LogP contribution in [0.5, 0.6) is 11.5 Å². The van der Waals surface area contributed by atoms with Gasteiger partial charge in [0.2, 0.25) is 0 Å². The van der Waals surface area contributed by atoms with E-state index in [0.717, 1.165) is 0 Å². The molecule has 2 aromatic rings. The molecule has 0 atom stereocenters. The first-order valence-electron chi connectivity index (χ1n) is 7.19. The predicted molar refractivity (Wildman–Crippen MR) is 91.5 cm³/mol. The van der Waals surface area contributed by atoms with Gasteiger partial charge in [0.25, 0.3) is 5.91 Å². The molecule has 0 heterocycles. The van der Waals surface area contributed by atoms with Crippen LogP contribution in [0.2, 0.25) is 0 Å². The summed E-state index contributed by atoms with van der Waals surface area (Å²) in [6.07, 6.45) is 0. The van der Waals surface area contributed by atoms with Crippen LogP contribution in [-0.2, 0) is 9.59 Å². The standard InChI is InChI=1S/C17H17N3O5/c1-24-13-8-7-12(9-14(13)25-2)19-16(22)17(23)20-15(21)10-3-5-11(18)6-4-10/h3-9H,18H2,1-2H3,(H,19,22)(H,20,21,23). The van der Waals surface area contributed by atoms with Gasteiger partial charge in [-0.25, -0.2) is 0 Å². The summed E-state index contributed by atoms with van der Waals surface area (Å²) in [4.78, 5) is 35.7. The fourth-order valence-corrected chi connectivity index (χ4v) is 1.97. The molecule has 2 aromatic carbocycles. The normalized spacial score (nSPS) is 9.84. The van der Waals surface area contributed by atoms with Crippen LogP contribution in [-0.4, -0.2) is 31.9 Å². The molecule has 0 aliphatic heterocycles. The van der Waals surface area contributed by atoms with E-state index in [0.29, 0.717) is 22.9 Å². The molecule has 0 spiro atoms. The molecule has 130 valence electrons. The third kappa shape index (κ3) is 4.47. The summed E-state index contributed by atoms with van der Waals surface area (Å²) < 4.78 is 10.2. The number of imide groups is 1. The number of nitrogen functional groups attached to an aromatic ring is 1. The highest BCUT2D eigenvalue weighted by Crippen LogP contribution is 2.29. The van der Waals surface area contributed by atoms with Crippen molar-refractivity contribution in [1.82, 2.24) is 5.32 Å². The maximum atomic E-state index is 11.9. The maximum absolute atomic E-state index is 11.9.